The van der Waals surface area contributed by atoms with Gasteiger partial charge >= 0.3 is 5.97 Å². The fourth-order valence-corrected chi connectivity index (χ4v) is 1.93. The van der Waals surface area contributed by atoms with Crippen LogP contribution in [-0.2, 0) is 0 Å². The highest BCUT2D eigenvalue weighted by Crippen LogP contribution is 2.24. The molecule has 0 amide bonds. The molecule has 0 fully saturated rings. The highest BCUT2D eigenvalue weighted by molar-refractivity contribution is 5.88. The van der Waals surface area contributed by atoms with Gasteiger partial charge in [0.1, 0.15) is 11.6 Å². The van der Waals surface area contributed by atoms with Gasteiger partial charge in [-0.3, -0.25) is 4.99 Å². The summed E-state index contributed by atoms with van der Waals surface area (Å²) in [7, 11) is 0. The molecule has 2 aromatic carbocycles. The average molecular weight is 307 g/mol. The second-order valence-corrected chi connectivity index (χ2v) is 4.67. The summed E-state index contributed by atoms with van der Waals surface area (Å²) in [6, 6.07) is 15.0. The van der Waals surface area contributed by atoms with Crippen LogP contribution in [0.1, 0.15) is 16.1 Å². The zero-order valence-corrected chi connectivity index (χ0v) is 11.8. The quantitative estimate of drug-likeness (QED) is 0.747. The summed E-state index contributed by atoms with van der Waals surface area (Å²) in [5, 5.41) is 20.6. The Morgan fingerprint density at radius 2 is 1.83 bits per heavy atom. The van der Waals surface area contributed by atoms with Crippen LogP contribution in [0.5, 0.6) is 5.95 Å². The van der Waals surface area contributed by atoms with E-state index in [2.05, 4.69) is 9.98 Å². The van der Waals surface area contributed by atoms with Crippen molar-refractivity contribution in [1.82, 2.24) is 4.98 Å². The van der Waals surface area contributed by atoms with E-state index in [0.717, 1.165) is 0 Å². The van der Waals surface area contributed by atoms with Gasteiger partial charge in [-0.25, -0.2) is 9.78 Å². The fourth-order valence-electron chi connectivity index (χ4n) is 1.93. The first-order chi connectivity index (χ1) is 11.1. The molecule has 0 bridgehead atoms. The first-order valence-corrected chi connectivity index (χ1v) is 6.74. The van der Waals surface area contributed by atoms with Crippen LogP contribution in [0.3, 0.4) is 0 Å². The largest absolute Gasteiger partial charge is 0.562 e. The molecule has 23 heavy (non-hydrogen) atoms. The van der Waals surface area contributed by atoms with Crippen LogP contribution in [-0.4, -0.2) is 22.3 Å². The normalized spacial score (nSPS) is 11.0. The highest BCUT2D eigenvalue weighted by atomic mass is 16.5. The Morgan fingerprint density at radius 1 is 1.13 bits per heavy atom. The smallest absolute Gasteiger partial charge is 0.335 e. The summed E-state index contributed by atoms with van der Waals surface area (Å²) >= 11 is 0. The Kier molecular flexibility index (Phi) is 3.88. The molecule has 0 aliphatic carbocycles. The van der Waals surface area contributed by atoms with E-state index >= 15 is 0 Å². The van der Waals surface area contributed by atoms with Gasteiger partial charge in [-0.05, 0) is 24.3 Å². The maximum atomic E-state index is 11.8. The summed E-state index contributed by atoms with van der Waals surface area (Å²) in [4.78, 5) is 19.0. The lowest BCUT2D eigenvalue weighted by Crippen LogP contribution is -1.94. The molecule has 114 valence electrons. The van der Waals surface area contributed by atoms with Gasteiger partial charge in [0.2, 0.25) is 0 Å². The molecule has 0 saturated carbocycles. The van der Waals surface area contributed by atoms with Crippen LogP contribution in [0.25, 0.3) is 11.5 Å². The van der Waals surface area contributed by atoms with Crippen LogP contribution >= 0.6 is 0 Å². The summed E-state index contributed by atoms with van der Waals surface area (Å²) in [6.07, 6.45) is 1.30. The van der Waals surface area contributed by atoms with Gasteiger partial charge < -0.3 is 14.6 Å². The molecular formula is C17H11N2O4-. The molecule has 1 aromatic heterocycles. The van der Waals surface area contributed by atoms with Crippen LogP contribution in [0.4, 0.5) is 5.69 Å². The van der Waals surface area contributed by atoms with E-state index in [1.54, 1.807) is 24.3 Å². The Morgan fingerprint density at radius 3 is 2.48 bits per heavy atom. The molecule has 3 aromatic rings. The molecule has 3 rings (SSSR count). The van der Waals surface area contributed by atoms with Gasteiger partial charge in [-0.1, -0.05) is 30.3 Å². The number of aromatic nitrogens is 1. The zero-order chi connectivity index (χ0) is 16.2. The lowest BCUT2D eigenvalue weighted by Gasteiger charge is -1.98. The fraction of sp³-hybridized carbons (Fsp3) is 0. The van der Waals surface area contributed by atoms with Crippen molar-refractivity contribution in [3.8, 4) is 17.4 Å². The molecule has 0 spiro atoms. The standard InChI is InChI=1S/C17H12N2O4/c20-16(21)12-6-8-13(9-7-12)18-10-14-17(22)23-15(19-14)11-4-2-1-3-5-11/h1-10,22H,(H,20,21)/p-1. The van der Waals surface area contributed by atoms with Gasteiger partial charge in [-0.15, -0.1) is 0 Å². The Hall–Kier alpha value is -3.41. The van der Waals surface area contributed by atoms with Gasteiger partial charge in [0.15, 0.2) is 0 Å². The Balaban J connectivity index is 1.82. The van der Waals surface area contributed by atoms with E-state index in [1.165, 1.54) is 18.3 Å². The number of aromatic carboxylic acids is 1. The predicted octanol–water partition coefficient (Wildman–Crippen LogP) is 2.86. The number of aliphatic imine (C=N–C) groups is 1. The maximum Gasteiger partial charge on any atom is 0.335 e. The van der Waals surface area contributed by atoms with Crippen molar-refractivity contribution < 1.29 is 19.4 Å². The van der Waals surface area contributed by atoms with Gasteiger partial charge in [0.05, 0.1) is 23.4 Å². The van der Waals surface area contributed by atoms with Crippen molar-refractivity contribution in [2.75, 3.05) is 0 Å². The number of hydrogen-bond acceptors (Lipinski definition) is 5. The number of carboxylic acids is 1. The van der Waals surface area contributed by atoms with E-state index in [9.17, 15) is 9.90 Å². The topological polar surface area (TPSA) is 98.8 Å². The van der Waals surface area contributed by atoms with Crippen LogP contribution in [0.15, 0.2) is 64.0 Å². The first kappa shape index (κ1) is 14.5. The van der Waals surface area contributed by atoms with E-state index < -0.39 is 11.9 Å². The molecule has 6 heteroatoms. The molecule has 0 saturated heterocycles. The van der Waals surface area contributed by atoms with Crippen molar-refractivity contribution in [2.24, 2.45) is 4.99 Å². The molecule has 1 heterocycles. The molecule has 0 atom stereocenters. The second-order valence-electron chi connectivity index (χ2n) is 4.67. The molecule has 0 aliphatic heterocycles. The van der Waals surface area contributed by atoms with Crippen LogP contribution in [0.2, 0.25) is 0 Å². The van der Waals surface area contributed by atoms with Crippen LogP contribution < -0.4 is 5.11 Å². The monoisotopic (exact) mass is 307 g/mol. The molecule has 0 unspecified atom stereocenters. The van der Waals surface area contributed by atoms with Gasteiger partial charge in [0.25, 0.3) is 0 Å². The van der Waals surface area contributed by atoms with Crippen molar-refractivity contribution >= 4 is 17.9 Å². The van der Waals surface area contributed by atoms with Crippen molar-refractivity contribution in [3.63, 3.8) is 0 Å². The minimum Gasteiger partial charge on any atom is -0.562 e. The van der Waals surface area contributed by atoms with Crippen molar-refractivity contribution in [2.45, 2.75) is 0 Å². The molecule has 1 N–H and O–H groups in total. The predicted molar refractivity (Wildman–Crippen MR) is 82.0 cm³/mol. The Bertz CT molecular complexity index is 852. The third-order valence-corrected chi connectivity index (χ3v) is 3.09. The van der Waals surface area contributed by atoms with Crippen LogP contribution in [0, 0.1) is 0 Å². The third-order valence-electron chi connectivity index (χ3n) is 3.09. The van der Waals surface area contributed by atoms with Crippen molar-refractivity contribution in [3.05, 3.63) is 65.9 Å². The van der Waals surface area contributed by atoms with Crippen molar-refractivity contribution in [1.29, 1.82) is 0 Å². The second kappa shape index (κ2) is 6.15. The first-order valence-electron chi connectivity index (χ1n) is 6.74. The number of benzene rings is 2. The number of rotatable bonds is 4. The minimum absolute atomic E-state index is 0.0890. The number of carboxylic acid groups (broad SMARTS) is 1. The Labute approximate surface area is 131 Å². The number of oxazole rings is 1. The average Bonchev–Trinajstić information content (AvgIpc) is 2.95. The molecule has 6 nitrogen and oxygen atoms in total. The molecular weight excluding hydrogens is 296 g/mol. The molecule has 0 radical (unpaired) electrons. The summed E-state index contributed by atoms with van der Waals surface area (Å²) in [5.41, 5.74) is 1.47. The maximum absolute atomic E-state index is 11.8. The summed E-state index contributed by atoms with van der Waals surface area (Å²) in [5.74, 6) is -1.35. The molecule has 0 aliphatic rings. The number of nitrogens with zero attached hydrogens (tertiary/aromatic N) is 2. The van der Waals surface area contributed by atoms with E-state index in [0.29, 0.717) is 11.3 Å². The lowest BCUT2D eigenvalue weighted by atomic mass is 10.2. The highest BCUT2D eigenvalue weighted by Gasteiger charge is 2.04. The van der Waals surface area contributed by atoms with Gasteiger partial charge in [0, 0.05) is 5.56 Å². The minimum atomic E-state index is -1.01. The SMILES string of the molecule is O=C(O)c1ccc(N=Cc2nc(-c3ccccc3)oc2[O-])cc1. The zero-order valence-electron chi connectivity index (χ0n) is 11.8. The summed E-state index contributed by atoms with van der Waals surface area (Å²) in [6.45, 7) is 0. The lowest BCUT2D eigenvalue weighted by molar-refractivity contribution is -0.293. The third kappa shape index (κ3) is 3.26. The van der Waals surface area contributed by atoms with Gasteiger partial charge in [-0.2, -0.15) is 0 Å². The van der Waals surface area contributed by atoms with E-state index in [-0.39, 0.29) is 17.1 Å². The van der Waals surface area contributed by atoms with E-state index in [1.807, 2.05) is 18.2 Å². The number of hydrogen-bond donors (Lipinski definition) is 1. The summed E-state index contributed by atoms with van der Waals surface area (Å²) < 4.78 is 5.10. The number of carbonyl (C=O) groups is 1. The van der Waals surface area contributed by atoms with E-state index in [4.69, 9.17) is 9.52 Å².